The monoisotopic (exact) mass is 254 g/mol. The molecule has 0 N–H and O–H groups in total. The summed E-state index contributed by atoms with van der Waals surface area (Å²) in [6, 6.07) is 9.05. The van der Waals surface area contributed by atoms with Crippen LogP contribution in [0.4, 0.5) is 0 Å². The smallest absolute Gasteiger partial charge is 0.203 e. The van der Waals surface area contributed by atoms with E-state index < -0.39 is 10.0 Å². The van der Waals surface area contributed by atoms with Gasteiger partial charge in [-0.2, -0.15) is 0 Å². The highest BCUT2D eigenvalue weighted by Crippen LogP contribution is 2.11. The zero-order chi connectivity index (χ0) is 12.9. The lowest BCUT2D eigenvalue weighted by atomic mass is 10.2. The van der Waals surface area contributed by atoms with Gasteiger partial charge in [0.15, 0.2) is 0 Å². The molecule has 2 rings (SSSR count). The Morgan fingerprint density at radius 3 is 2.18 bits per heavy atom. The lowest BCUT2D eigenvalue weighted by Crippen LogP contribution is -2.13. The number of hydrogen-bond acceptors (Lipinski definition) is 5. The van der Waals surface area contributed by atoms with E-state index in [-0.39, 0.29) is 0 Å². The predicted octanol–water partition coefficient (Wildman–Crippen LogP) is 1.17. The fourth-order valence-electron chi connectivity index (χ4n) is 1.04. The number of benzene rings is 1. The van der Waals surface area contributed by atoms with Gasteiger partial charge in [-0.05, 0) is 9.42 Å². The largest absolute Gasteiger partial charge is 0.268 e. The maximum atomic E-state index is 11.1. The highest BCUT2D eigenvalue weighted by Gasteiger charge is 2.11. The molecule has 1 aromatic heterocycles. The molecule has 0 radical (unpaired) electrons. The van der Waals surface area contributed by atoms with E-state index in [1.807, 2.05) is 32.0 Å². The third kappa shape index (κ3) is 3.35. The van der Waals surface area contributed by atoms with Crippen molar-refractivity contribution in [3.8, 4) is 11.4 Å². The molecule has 17 heavy (non-hydrogen) atoms. The fraction of sp³-hybridized carbons (Fsp3) is 0.300. The first-order valence-corrected chi connectivity index (χ1v) is 6.98. The fourth-order valence-corrected chi connectivity index (χ4v) is 1.44. The summed E-state index contributed by atoms with van der Waals surface area (Å²) in [6.45, 7) is 4.00. The number of nitrogens with zero attached hydrogens (tertiary/aromatic N) is 4. The number of hydrogen-bond donors (Lipinski definition) is 0. The van der Waals surface area contributed by atoms with Crippen LogP contribution in [-0.4, -0.2) is 34.3 Å². The van der Waals surface area contributed by atoms with Gasteiger partial charge in [0.2, 0.25) is 5.82 Å². The van der Waals surface area contributed by atoms with E-state index in [4.69, 9.17) is 0 Å². The topological polar surface area (TPSA) is 77.7 Å². The molecule has 0 spiro atoms. The van der Waals surface area contributed by atoms with E-state index in [1.165, 1.54) is 0 Å². The summed E-state index contributed by atoms with van der Waals surface area (Å²) in [4.78, 5) is 0. The van der Waals surface area contributed by atoms with Gasteiger partial charge in [0, 0.05) is 5.56 Å². The summed E-state index contributed by atoms with van der Waals surface area (Å²) in [5.41, 5.74) is 0.729. The number of tetrazole rings is 1. The van der Waals surface area contributed by atoms with Crippen molar-refractivity contribution < 1.29 is 8.42 Å². The maximum absolute atomic E-state index is 11.1. The van der Waals surface area contributed by atoms with Crippen molar-refractivity contribution in [1.82, 2.24) is 19.6 Å². The molecule has 0 bridgehead atoms. The molecule has 7 heteroatoms. The molecule has 0 saturated heterocycles. The van der Waals surface area contributed by atoms with Crippen LogP contribution < -0.4 is 0 Å². The second-order valence-electron chi connectivity index (χ2n) is 2.96. The summed E-state index contributed by atoms with van der Waals surface area (Å²) in [5.74, 6) is 0.293. The van der Waals surface area contributed by atoms with E-state index in [0.717, 1.165) is 11.8 Å². The quantitative estimate of drug-likeness (QED) is 0.804. The third-order valence-electron chi connectivity index (χ3n) is 1.72. The summed E-state index contributed by atoms with van der Waals surface area (Å²) < 4.78 is 22.8. The summed E-state index contributed by atoms with van der Waals surface area (Å²) in [5, 5.41) is 10.9. The molecule has 0 amide bonds. The van der Waals surface area contributed by atoms with Crippen LogP contribution in [0.2, 0.25) is 0 Å². The molecular formula is C10H14N4O2S. The molecule has 0 saturated carbocycles. The molecule has 0 fully saturated rings. The predicted molar refractivity (Wildman–Crippen MR) is 64.8 cm³/mol. The van der Waals surface area contributed by atoms with Crippen LogP contribution in [0.25, 0.3) is 11.4 Å². The van der Waals surface area contributed by atoms with Crippen LogP contribution in [0.5, 0.6) is 0 Å². The van der Waals surface area contributed by atoms with Crippen LogP contribution in [0.1, 0.15) is 13.8 Å². The van der Waals surface area contributed by atoms with Crippen LogP contribution >= 0.6 is 0 Å². The first kappa shape index (κ1) is 13.3. The zero-order valence-corrected chi connectivity index (χ0v) is 10.7. The molecule has 0 aliphatic heterocycles. The van der Waals surface area contributed by atoms with Crippen LogP contribution in [-0.2, 0) is 10.0 Å². The van der Waals surface area contributed by atoms with Gasteiger partial charge in [-0.15, -0.1) is 10.2 Å². The molecule has 92 valence electrons. The van der Waals surface area contributed by atoms with Crippen molar-refractivity contribution in [1.29, 1.82) is 0 Å². The first-order valence-electron chi connectivity index (χ1n) is 5.13. The molecule has 2 aromatic rings. The summed E-state index contributed by atoms with van der Waals surface area (Å²) in [6.07, 6.45) is 1.02. The van der Waals surface area contributed by atoms with Crippen molar-refractivity contribution in [3.05, 3.63) is 30.3 Å². The van der Waals surface area contributed by atoms with Crippen LogP contribution in [0.15, 0.2) is 30.3 Å². The van der Waals surface area contributed by atoms with Crippen LogP contribution in [0.3, 0.4) is 0 Å². The Morgan fingerprint density at radius 1 is 1.12 bits per heavy atom. The Bertz CT molecular complexity index is 563. The van der Waals surface area contributed by atoms with E-state index in [2.05, 4.69) is 15.4 Å². The molecular weight excluding hydrogens is 240 g/mol. The number of aromatic nitrogens is 4. The highest BCUT2D eigenvalue weighted by atomic mass is 32.2. The van der Waals surface area contributed by atoms with Gasteiger partial charge in [0.25, 0.3) is 10.0 Å². The van der Waals surface area contributed by atoms with Crippen molar-refractivity contribution in [2.24, 2.45) is 0 Å². The lowest BCUT2D eigenvalue weighted by Gasteiger charge is -1.92. The highest BCUT2D eigenvalue weighted by molar-refractivity contribution is 7.88. The van der Waals surface area contributed by atoms with Gasteiger partial charge in [-0.3, -0.25) is 0 Å². The molecule has 0 aliphatic carbocycles. The zero-order valence-electron chi connectivity index (χ0n) is 9.90. The van der Waals surface area contributed by atoms with Crippen molar-refractivity contribution in [2.45, 2.75) is 13.8 Å². The van der Waals surface area contributed by atoms with Gasteiger partial charge in [0.05, 0.1) is 6.26 Å². The molecule has 6 nitrogen and oxygen atoms in total. The molecule has 0 unspecified atom stereocenters. The van der Waals surface area contributed by atoms with Gasteiger partial charge in [-0.25, -0.2) is 8.42 Å². The Hall–Kier alpha value is -1.76. The van der Waals surface area contributed by atoms with Gasteiger partial charge < -0.3 is 0 Å². The Labute approximate surface area is 100 Å². The van der Waals surface area contributed by atoms with Crippen molar-refractivity contribution in [2.75, 3.05) is 6.26 Å². The van der Waals surface area contributed by atoms with E-state index in [0.29, 0.717) is 10.0 Å². The maximum Gasteiger partial charge on any atom is 0.268 e. The minimum absolute atomic E-state index is 0.293. The molecule has 0 aliphatic rings. The van der Waals surface area contributed by atoms with Gasteiger partial charge >= 0.3 is 0 Å². The Kier molecular flexibility index (Phi) is 4.33. The van der Waals surface area contributed by atoms with Crippen molar-refractivity contribution in [3.63, 3.8) is 0 Å². The summed E-state index contributed by atoms with van der Waals surface area (Å²) in [7, 11) is -3.46. The molecule has 1 aromatic carbocycles. The normalized spacial score (nSPS) is 10.5. The van der Waals surface area contributed by atoms with E-state index >= 15 is 0 Å². The minimum Gasteiger partial charge on any atom is -0.203 e. The molecule has 1 heterocycles. The van der Waals surface area contributed by atoms with E-state index in [9.17, 15) is 8.42 Å². The van der Waals surface area contributed by atoms with Gasteiger partial charge in [-0.1, -0.05) is 44.2 Å². The molecule has 0 atom stereocenters. The van der Waals surface area contributed by atoms with Gasteiger partial charge in [0.1, 0.15) is 0 Å². The SMILES string of the molecule is CC.CS(=O)(=O)n1nnc(-c2ccccc2)n1. The third-order valence-corrected chi connectivity index (χ3v) is 2.47. The average Bonchev–Trinajstić information content (AvgIpc) is 2.82. The second-order valence-corrected chi connectivity index (χ2v) is 4.76. The lowest BCUT2D eigenvalue weighted by molar-refractivity contribution is 0.572. The number of rotatable bonds is 2. The standard InChI is InChI=1S/C8H8N4O2S.C2H6/c1-15(13,14)12-10-8(9-11-12)7-5-3-2-4-6-7;1-2/h2-6H,1H3;1-2H3. The first-order chi connectivity index (χ1) is 8.07. The minimum atomic E-state index is -3.46. The Morgan fingerprint density at radius 2 is 1.71 bits per heavy atom. The van der Waals surface area contributed by atoms with E-state index in [1.54, 1.807) is 12.1 Å². The van der Waals surface area contributed by atoms with Crippen molar-refractivity contribution >= 4 is 10.0 Å². The second kappa shape index (κ2) is 5.53. The average molecular weight is 254 g/mol. The Balaban J connectivity index is 0.000000686. The van der Waals surface area contributed by atoms with Crippen LogP contribution in [0, 0.1) is 0 Å². The summed E-state index contributed by atoms with van der Waals surface area (Å²) >= 11 is 0.